The second-order valence-electron chi connectivity index (χ2n) is 6.89. The molecule has 0 bridgehead atoms. The number of hydrogen-bond acceptors (Lipinski definition) is 2. The molecule has 1 aliphatic rings. The molecule has 132 valence electrons. The maximum atomic E-state index is 13.0. The molecule has 26 heavy (non-hydrogen) atoms. The van der Waals surface area contributed by atoms with Crippen LogP contribution in [0.2, 0.25) is 0 Å². The van der Waals surface area contributed by atoms with Crippen molar-refractivity contribution in [2.24, 2.45) is 0 Å². The minimum absolute atomic E-state index is 0.00625. The van der Waals surface area contributed by atoms with Crippen LogP contribution >= 0.6 is 15.9 Å². The Morgan fingerprint density at radius 2 is 1.81 bits per heavy atom. The normalized spacial score (nSPS) is 15.1. The van der Waals surface area contributed by atoms with Crippen LogP contribution in [0.4, 0.5) is 0 Å². The Labute approximate surface area is 162 Å². The van der Waals surface area contributed by atoms with Gasteiger partial charge in [0.2, 0.25) is 0 Å². The zero-order valence-electron chi connectivity index (χ0n) is 14.5. The molecule has 1 amide bonds. The molecule has 0 radical (unpaired) electrons. The zero-order valence-corrected chi connectivity index (χ0v) is 16.1. The molecule has 1 N–H and O–H groups in total. The van der Waals surface area contributed by atoms with Crippen LogP contribution < -0.4 is 5.32 Å². The van der Waals surface area contributed by atoms with E-state index in [4.69, 9.17) is 4.98 Å². The topological polar surface area (TPSA) is 42.0 Å². The predicted octanol–water partition coefficient (Wildman–Crippen LogP) is 5.73. The highest BCUT2D eigenvalue weighted by molar-refractivity contribution is 9.10. The van der Waals surface area contributed by atoms with Gasteiger partial charge in [-0.3, -0.25) is 4.79 Å². The van der Waals surface area contributed by atoms with Gasteiger partial charge in [-0.15, -0.1) is 0 Å². The molecule has 3 aromatic rings. The second kappa shape index (κ2) is 7.58. The number of nitrogens with zero attached hydrogens (tertiary/aromatic N) is 1. The zero-order chi connectivity index (χ0) is 17.9. The first-order chi connectivity index (χ1) is 12.7. The Morgan fingerprint density at radius 1 is 1.00 bits per heavy atom. The largest absolute Gasteiger partial charge is 0.349 e. The number of amides is 1. The molecule has 1 heterocycles. The first kappa shape index (κ1) is 17.2. The average Bonchev–Trinajstić information content (AvgIpc) is 2.68. The van der Waals surface area contributed by atoms with Crippen molar-refractivity contribution >= 4 is 32.7 Å². The fraction of sp³-hybridized carbons (Fsp3) is 0.273. The number of benzene rings is 2. The van der Waals surface area contributed by atoms with Crippen LogP contribution in [-0.4, -0.2) is 16.9 Å². The number of rotatable bonds is 3. The fourth-order valence-corrected chi connectivity index (χ4v) is 4.07. The third-order valence-corrected chi connectivity index (χ3v) is 5.51. The van der Waals surface area contributed by atoms with E-state index in [-0.39, 0.29) is 11.9 Å². The number of pyridine rings is 1. The van der Waals surface area contributed by atoms with Crippen molar-refractivity contribution in [3.05, 3.63) is 64.6 Å². The third kappa shape index (κ3) is 3.65. The Hall–Kier alpha value is -2.20. The van der Waals surface area contributed by atoms with E-state index in [1.165, 1.54) is 19.3 Å². The van der Waals surface area contributed by atoms with Crippen LogP contribution in [0.25, 0.3) is 22.2 Å². The lowest BCUT2D eigenvalue weighted by Crippen LogP contribution is -2.36. The van der Waals surface area contributed by atoms with Gasteiger partial charge in [-0.1, -0.05) is 65.5 Å². The van der Waals surface area contributed by atoms with Crippen LogP contribution in [0.1, 0.15) is 42.5 Å². The molecule has 1 aliphatic carbocycles. The number of nitrogens with one attached hydrogen (secondary N) is 1. The summed E-state index contributed by atoms with van der Waals surface area (Å²) in [4.78, 5) is 17.8. The van der Waals surface area contributed by atoms with E-state index in [1.807, 2.05) is 54.6 Å². The molecule has 1 fully saturated rings. The molecular weight excluding hydrogens is 388 g/mol. The predicted molar refractivity (Wildman–Crippen MR) is 109 cm³/mol. The smallest absolute Gasteiger partial charge is 0.252 e. The highest BCUT2D eigenvalue weighted by Gasteiger charge is 2.19. The van der Waals surface area contributed by atoms with Crippen LogP contribution in [0.15, 0.2) is 59.1 Å². The van der Waals surface area contributed by atoms with Crippen LogP contribution in [0.5, 0.6) is 0 Å². The molecule has 1 saturated carbocycles. The molecule has 0 unspecified atom stereocenters. The van der Waals surface area contributed by atoms with E-state index in [1.54, 1.807) is 0 Å². The highest BCUT2D eigenvalue weighted by atomic mass is 79.9. The summed E-state index contributed by atoms with van der Waals surface area (Å²) in [5, 5.41) is 4.14. The molecule has 0 spiro atoms. The molecule has 4 rings (SSSR count). The van der Waals surface area contributed by atoms with Crippen molar-refractivity contribution < 1.29 is 4.79 Å². The maximum Gasteiger partial charge on any atom is 0.252 e. The number of aromatic nitrogens is 1. The van der Waals surface area contributed by atoms with Crippen molar-refractivity contribution in [3.63, 3.8) is 0 Å². The lowest BCUT2D eigenvalue weighted by atomic mass is 9.95. The molecule has 1 aromatic heterocycles. The van der Waals surface area contributed by atoms with Crippen molar-refractivity contribution in [1.82, 2.24) is 10.3 Å². The van der Waals surface area contributed by atoms with Crippen molar-refractivity contribution in [2.75, 3.05) is 0 Å². The van der Waals surface area contributed by atoms with Crippen LogP contribution in [0, 0.1) is 0 Å². The van der Waals surface area contributed by atoms with Gasteiger partial charge < -0.3 is 5.32 Å². The highest BCUT2D eigenvalue weighted by Crippen LogP contribution is 2.27. The van der Waals surface area contributed by atoms with E-state index in [9.17, 15) is 4.79 Å². The van der Waals surface area contributed by atoms with Gasteiger partial charge in [0.1, 0.15) is 0 Å². The number of hydrogen-bond donors (Lipinski definition) is 1. The monoisotopic (exact) mass is 408 g/mol. The van der Waals surface area contributed by atoms with E-state index in [0.29, 0.717) is 5.56 Å². The Balaban J connectivity index is 1.75. The number of carbonyl (C=O) groups is 1. The minimum Gasteiger partial charge on any atom is -0.349 e. The quantitative estimate of drug-likeness (QED) is 0.601. The van der Waals surface area contributed by atoms with E-state index in [2.05, 4.69) is 21.2 Å². The Bertz CT molecular complexity index is 948. The fourth-order valence-electron chi connectivity index (χ4n) is 3.67. The maximum absolute atomic E-state index is 13.0. The minimum atomic E-state index is 0.00625. The van der Waals surface area contributed by atoms with E-state index < -0.39 is 0 Å². The van der Waals surface area contributed by atoms with Crippen molar-refractivity contribution in [3.8, 4) is 11.3 Å². The summed E-state index contributed by atoms with van der Waals surface area (Å²) in [6.45, 7) is 0. The van der Waals surface area contributed by atoms with Gasteiger partial charge in [0.15, 0.2) is 0 Å². The van der Waals surface area contributed by atoms with Gasteiger partial charge in [0.25, 0.3) is 5.91 Å². The second-order valence-corrected chi connectivity index (χ2v) is 7.81. The summed E-state index contributed by atoms with van der Waals surface area (Å²) in [6.07, 6.45) is 5.83. The Morgan fingerprint density at radius 3 is 2.62 bits per heavy atom. The number of para-hydroxylation sites is 1. The average molecular weight is 409 g/mol. The van der Waals surface area contributed by atoms with Gasteiger partial charge in [-0.2, -0.15) is 0 Å². The summed E-state index contributed by atoms with van der Waals surface area (Å²) in [5.41, 5.74) is 3.37. The van der Waals surface area contributed by atoms with Crippen molar-refractivity contribution in [1.29, 1.82) is 0 Å². The molecule has 0 aliphatic heterocycles. The Kier molecular flexibility index (Phi) is 5.02. The van der Waals surface area contributed by atoms with Gasteiger partial charge in [0, 0.05) is 21.5 Å². The number of fused-ring (bicyclic) bond motifs is 1. The SMILES string of the molecule is O=C(NC1CCCCC1)c1cc(-c2cccc(Br)c2)nc2ccccc12. The third-order valence-electron chi connectivity index (χ3n) is 5.02. The first-order valence-electron chi connectivity index (χ1n) is 9.17. The number of halogens is 1. The molecule has 0 saturated heterocycles. The summed E-state index contributed by atoms with van der Waals surface area (Å²) in [5.74, 6) is 0.00625. The van der Waals surface area contributed by atoms with Gasteiger partial charge in [-0.05, 0) is 37.1 Å². The summed E-state index contributed by atoms with van der Waals surface area (Å²) in [7, 11) is 0. The van der Waals surface area contributed by atoms with Gasteiger partial charge in [0.05, 0.1) is 16.8 Å². The number of carbonyl (C=O) groups excluding carboxylic acids is 1. The molecule has 0 atom stereocenters. The van der Waals surface area contributed by atoms with Crippen LogP contribution in [-0.2, 0) is 0 Å². The summed E-state index contributed by atoms with van der Waals surface area (Å²) in [6, 6.07) is 18.1. The summed E-state index contributed by atoms with van der Waals surface area (Å²) < 4.78 is 0.998. The molecular formula is C22H21BrN2O. The van der Waals surface area contributed by atoms with Gasteiger partial charge >= 0.3 is 0 Å². The van der Waals surface area contributed by atoms with Crippen LogP contribution in [0.3, 0.4) is 0 Å². The standard InChI is InChI=1S/C22H21BrN2O/c23-16-8-6-7-15(13-16)21-14-19(18-11-4-5-12-20(18)25-21)22(26)24-17-9-2-1-3-10-17/h4-8,11-14,17H,1-3,9-10H2,(H,24,26). The van der Waals surface area contributed by atoms with Gasteiger partial charge in [-0.25, -0.2) is 4.98 Å². The lowest BCUT2D eigenvalue weighted by Gasteiger charge is -2.23. The lowest BCUT2D eigenvalue weighted by molar-refractivity contribution is 0.0929. The first-order valence-corrected chi connectivity index (χ1v) is 9.96. The van der Waals surface area contributed by atoms with E-state index >= 15 is 0 Å². The molecule has 3 nitrogen and oxygen atoms in total. The summed E-state index contributed by atoms with van der Waals surface area (Å²) >= 11 is 3.52. The molecule has 4 heteroatoms. The van der Waals surface area contributed by atoms with Crippen molar-refractivity contribution in [2.45, 2.75) is 38.1 Å². The van der Waals surface area contributed by atoms with E-state index in [0.717, 1.165) is 39.5 Å². The molecule has 2 aromatic carbocycles.